The number of nitrogens with zero attached hydrogens (tertiary/aromatic N) is 3. The largest absolute Gasteiger partial charge is 0.462 e. The van der Waals surface area contributed by atoms with Gasteiger partial charge in [0, 0.05) is 25.1 Å². The van der Waals surface area contributed by atoms with Crippen molar-refractivity contribution < 1.29 is 14.3 Å². The maximum absolute atomic E-state index is 12.6. The van der Waals surface area contributed by atoms with Gasteiger partial charge in [0.15, 0.2) is 5.06 Å². The maximum atomic E-state index is 12.6. The minimum atomic E-state index is -0.290. The summed E-state index contributed by atoms with van der Waals surface area (Å²) < 4.78 is 15.5. The van der Waals surface area contributed by atoms with Crippen LogP contribution in [0.3, 0.4) is 0 Å². The SMILES string of the molecule is CCOC(=O)c1sc(Oc2ccc(-n3cccc3)cc2)c2c1CCc1cnn(C)c1-2. The number of fused-ring (bicyclic) bond motifs is 3. The molecule has 3 aromatic heterocycles. The van der Waals surface area contributed by atoms with E-state index in [1.165, 1.54) is 16.9 Å². The highest BCUT2D eigenvalue weighted by Gasteiger charge is 2.32. The molecule has 5 rings (SSSR count). The number of carbonyl (C=O) groups excluding carboxylic acids is 1. The van der Waals surface area contributed by atoms with Crippen LogP contribution in [0.4, 0.5) is 0 Å². The van der Waals surface area contributed by atoms with Gasteiger partial charge >= 0.3 is 5.97 Å². The van der Waals surface area contributed by atoms with Gasteiger partial charge in [0.25, 0.3) is 0 Å². The van der Waals surface area contributed by atoms with E-state index in [1.807, 2.05) is 78.2 Å². The van der Waals surface area contributed by atoms with Crippen LogP contribution in [0.1, 0.15) is 27.7 Å². The molecule has 3 heterocycles. The maximum Gasteiger partial charge on any atom is 0.348 e. The van der Waals surface area contributed by atoms with Crippen LogP contribution in [0.2, 0.25) is 0 Å². The quantitative estimate of drug-likeness (QED) is 0.427. The zero-order valence-electron chi connectivity index (χ0n) is 16.8. The number of carbonyl (C=O) groups is 1. The fourth-order valence-corrected chi connectivity index (χ4v) is 5.02. The molecule has 6 nitrogen and oxygen atoms in total. The van der Waals surface area contributed by atoms with E-state index in [0.717, 1.165) is 41.1 Å². The van der Waals surface area contributed by atoms with E-state index < -0.39 is 0 Å². The predicted molar refractivity (Wildman–Crippen MR) is 116 cm³/mol. The van der Waals surface area contributed by atoms with E-state index >= 15 is 0 Å². The van der Waals surface area contributed by atoms with Crippen molar-refractivity contribution in [3.63, 3.8) is 0 Å². The van der Waals surface area contributed by atoms with E-state index in [0.29, 0.717) is 16.5 Å². The monoisotopic (exact) mass is 419 g/mol. The molecule has 0 saturated heterocycles. The average Bonchev–Trinajstić information content (AvgIpc) is 3.48. The minimum Gasteiger partial charge on any atom is -0.462 e. The lowest BCUT2D eigenvalue weighted by atomic mass is 9.91. The number of rotatable bonds is 5. The minimum absolute atomic E-state index is 0.290. The van der Waals surface area contributed by atoms with Gasteiger partial charge in [-0.15, -0.1) is 0 Å². The van der Waals surface area contributed by atoms with Gasteiger partial charge in [0.2, 0.25) is 0 Å². The number of hydrogen-bond donors (Lipinski definition) is 0. The zero-order chi connectivity index (χ0) is 20.7. The lowest BCUT2D eigenvalue weighted by molar-refractivity contribution is 0.0531. The van der Waals surface area contributed by atoms with Crippen LogP contribution in [0, 0.1) is 0 Å². The van der Waals surface area contributed by atoms with Gasteiger partial charge in [-0.1, -0.05) is 11.3 Å². The number of aromatic nitrogens is 3. The Hall–Kier alpha value is -3.32. The van der Waals surface area contributed by atoms with Crippen molar-refractivity contribution >= 4 is 17.3 Å². The van der Waals surface area contributed by atoms with Crippen molar-refractivity contribution in [3.05, 3.63) is 71.0 Å². The Morgan fingerprint density at radius 2 is 1.93 bits per heavy atom. The Morgan fingerprint density at radius 1 is 1.17 bits per heavy atom. The van der Waals surface area contributed by atoms with Crippen molar-refractivity contribution in [2.24, 2.45) is 7.05 Å². The Kier molecular flexibility index (Phi) is 4.67. The number of aryl methyl sites for hydroxylation is 2. The molecule has 0 N–H and O–H groups in total. The molecule has 1 aliphatic carbocycles. The Bertz CT molecular complexity index is 1200. The predicted octanol–water partition coefficient (Wildman–Crippen LogP) is 5.01. The summed E-state index contributed by atoms with van der Waals surface area (Å²) in [6.07, 6.45) is 7.52. The summed E-state index contributed by atoms with van der Waals surface area (Å²) in [6.45, 7) is 2.17. The third kappa shape index (κ3) is 3.11. The van der Waals surface area contributed by atoms with E-state index in [9.17, 15) is 4.79 Å². The van der Waals surface area contributed by atoms with E-state index in [1.54, 1.807) is 0 Å². The molecule has 0 fully saturated rings. The van der Waals surface area contributed by atoms with Gasteiger partial charge in [-0.25, -0.2) is 4.79 Å². The van der Waals surface area contributed by atoms with Crippen molar-refractivity contribution in [2.45, 2.75) is 19.8 Å². The number of esters is 1. The summed E-state index contributed by atoms with van der Waals surface area (Å²) >= 11 is 1.35. The van der Waals surface area contributed by atoms with E-state index in [2.05, 4.69) is 5.10 Å². The zero-order valence-corrected chi connectivity index (χ0v) is 17.6. The number of thiophene rings is 1. The molecule has 4 aromatic rings. The molecule has 0 unspecified atom stereocenters. The first-order valence-corrected chi connectivity index (χ1v) is 10.7. The number of ether oxygens (including phenoxy) is 2. The smallest absolute Gasteiger partial charge is 0.348 e. The van der Waals surface area contributed by atoms with Gasteiger partial charge < -0.3 is 14.0 Å². The fraction of sp³-hybridized carbons (Fsp3) is 0.217. The van der Waals surface area contributed by atoms with Crippen LogP contribution < -0.4 is 4.74 Å². The first-order chi connectivity index (χ1) is 14.7. The van der Waals surface area contributed by atoms with Crippen molar-refractivity contribution in [1.29, 1.82) is 0 Å². The van der Waals surface area contributed by atoms with Gasteiger partial charge in [-0.05, 0) is 67.3 Å². The topological polar surface area (TPSA) is 58.3 Å². The molecule has 0 saturated carbocycles. The Balaban J connectivity index is 1.55. The molecule has 7 heteroatoms. The molecule has 1 aromatic carbocycles. The highest BCUT2D eigenvalue weighted by molar-refractivity contribution is 7.16. The molecular weight excluding hydrogens is 398 g/mol. The number of benzene rings is 1. The molecule has 0 spiro atoms. The standard InChI is InChI=1S/C23H21N3O3S/c1-3-28-22(27)21-18-11-6-15-14-24-25(2)20(15)19(18)23(30-21)29-17-9-7-16(8-10-17)26-12-4-5-13-26/h4-5,7-10,12-14H,3,6,11H2,1-2H3. The molecule has 0 bridgehead atoms. The van der Waals surface area contributed by atoms with Gasteiger partial charge in [-0.2, -0.15) is 5.10 Å². The molecule has 152 valence electrons. The van der Waals surface area contributed by atoms with Crippen LogP contribution in [0.5, 0.6) is 10.8 Å². The summed E-state index contributed by atoms with van der Waals surface area (Å²) in [5, 5.41) is 5.12. The summed E-state index contributed by atoms with van der Waals surface area (Å²) in [7, 11) is 1.92. The van der Waals surface area contributed by atoms with Crippen molar-refractivity contribution in [1.82, 2.24) is 14.3 Å². The third-order valence-electron chi connectivity index (χ3n) is 5.28. The Morgan fingerprint density at radius 3 is 2.67 bits per heavy atom. The van der Waals surface area contributed by atoms with Crippen LogP contribution >= 0.6 is 11.3 Å². The molecule has 0 radical (unpaired) electrons. The van der Waals surface area contributed by atoms with E-state index in [4.69, 9.17) is 9.47 Å². The van der Waals surface area contributed by atoms with Gasteiger partial charge in [0.05, 0.1) is 24.1 Å². The molecule has 0 aliphatic heterocycles. The van der Waals surface area contributed by atoms with Crippen molar-refractivity contribution in [3.8, 4) is 27.8 Å². The summed E-state index contributed by atoms with van der Waals surface area (Å²) in [6, 6.07) is 11.9. The second kappa shape index (κ2) is 7.50. The lowest BCUT2D eigenvalue weighted by Crippen LogP contribution is -2.10. The second-order valence-electron chi connectivity index (χ2n) is 7.12. The normalized spacial score (nSPS) is 12.3. The van der Waals surface area contributed by atoms with Crippen LogP contribution in [-0.2, 0) is 24.6 Å². The van der Waals surface area contributed by atoms with Crippen molar-refractivity contribution in [2.75, 3.05) is 6.61 Å². The number of hydrogen-bond acceptors (Lipinski definition) is 5. The van der Waals surface area contributed by atoms with Crippen LogP contribution in [0.15, 0.2) is 55.0 Å². The highest BCUT2D eigenvalue weighted by Crippen LogP contribution is 2.48. The average molecular weight is 420 g/mol. The van der Waals surface area contributed by atoms with Crippen LogP contribution in [0.25, 0.3) is 16.9 Å². The summed E-state index contributed by atoms with van der Waals surface area (Å²) in [5.41, 5.74) is 5.20. The molecule has 0 atom stereocenters. The van der Waals surface area contributed by atoms with Gasteiger partial charge in [-0.3, -0.25) is 4.68 Å². The van der Waals surface area contributed by atoms with Crippen LogP contribution in [-0.4, -0.2) is 26.9 Å². The fourth-order valence-electron chi connectivity index (χ4n) is 3.90. The molecule has 0 amide bonds. The highest BCUT2D eigenvalue weighted by atomic mass is 32.1. The van der Waals surface area contributed by atoms with Gasteiger partial charge in [0.1, 0.15) is 10.6 Å². The molecular formula is C23H21N3O3S. The third-order valence-corrected chi connectivity index (χ3v) is 6.37. The first kappa shape index (κ1) is 18.7. The molecule has 1 aliphatic rings. The second-order valence-corrected chi connectivity index (χ2v) is 8.10. The van der Waals surface area contributed by atoms with E-state index in [-0.39, 0.29) is 5.97 Å². The Labute approximate surface area is 178 Å². The molecule has 30 heavy (non-hydrogen) atoms. The first-order valence-electron chi connectivity index (χ1n) is 9.91. The summed E-state index contributed by atoms with van der Waals surface area (Å²) in [4.78, 5) is 13.2. The lowest BCUT2D eigenvalue weighted by Gasteiger charge is -2.16. The summed E-state index contributed by atoms with van der Waals surface area (Å²) in [5.74, 6) is 0.432.